The largest absolute Gasteiger partial charge is 0.462 e. The van der Waals surface area contributed by atoms with Crippen LogP contribution >= 0.6 is 11.3 Å². The summed E-state index contributed by atoms with van der Waals surface area (Å²) in [4.78, 5) is 37.7. The van der Waals surface area contributed by atoms with Gasteiger partial charge in [0.05, 0.1) is 23.3 Å². The van der Waals surface area contributed by atoms with Crippen LogP contribution in [-0.2, 0) is 22.4 Å². The van der Waals surface area contributed by atoms with Crippen LogP contribution in [0.5, 0.6) is 0 Å². The maximum Gasteiger partial charge on any atom is 0.341 e. The number of allylic oxidation sites excluding steroid dienone is 1. The Kier molecular flexibility index (Phi) is 7.26. The van der Waals surface area contributed by atoms with Gasteiger partial charge in [-0.2, -0.15) is 5.10 Å². The average molecular weight is 477 g/mol. The van der Waals surface area contributed by atoms with Crippen molar-refractivity contribution in [1.29, 1.82) is 0 Å². The lowest BCUT2D eigenvalue weighted by Crippen LogP contribution is -2.40. The molecule has 1 aromatic heterocycles. The van der Waals surface area contributed by atoms with Crippen LogP contribution in [0.1, 0.15) is 68.8 Å². The molecule has 0 aromatic carbocycles. The first kappa shape index (κ1) is 24.9. The standard InChI is InChI=1S/C23H32N4O5S/c1-7-32-22(29)19-16-9-8-15(23(4,5)6)10-17(16)33-21(19)25-18(28)12-26-14(3)20(27(30)31)13(2)11-24-26/h11,14-15H,7-10,12H2,1-6H3,(H,25,28). The Morgan fingerprint density at radius 2 is 2.09 bits per heavy atom. The van der Waals surface area contributed by atoms with Gasteiger partial charge < -0.3 is 10.1 Å². The summed E-state index contributed by atoms with van der Waals surface area (Å²) in [6.45, 7) is 11.8. The monoisotopic (exact) mass is 476 g/mol. The molecule has 10 heteroatoms. The number of carbonyl (C=O) groups excluding carboxylic acids is 2. The van der Waals surface area contributed by atoms with Crippen LogP contribution in [0.4, 0.5) is 5.00 Å². The smallest absolute Gasteiger partial charge is 0.341 e. The topological polar surface area (TPSA) is 114 Å². The predicted octanol–water partition coefficient (Wildman–Crippen LogP) is 4.25. The molecule has 0 fully saturated rings. The Morgan fingerprint density at radius 3 is 2.70 bits per heavy atom. The molecular weight excluding hydrogens is 444 g/mol. The number of ether oxygens (including phenoxy) is 1. The predicted molar refractivity (Wildman–Crippen MR) is 128 cm³/mol. The molecule has 0 saturated carbocycles. The van der Waals surface area contributed by atoms with Gasteiger partial charge in [-0.3, -0.25) is 19.9 Å². The molecule has 1 N–H and O–H groups in total. The Labute approximate surface area is 198 Å². The van der Waals surface area contributed by atoms with E-state index < -0.39 is 22.8 Å². The van der Waals surface area contributed by atoms with Crippen molar-refractivity contribution in [3.8, 4) is 0 Å². The first-order valence-electron chi connectivity index (χ1n) is 11.2. The molecule has 0 saturated heterocycles. The summed E-state index contributed by atoms with van der Waals surface area (Å²) in [6, 6.07) is -0.649. The van der Waals surface area contributed by atoms with E-state index in [1.165, 1.54) is 22.6 Å². The van der Waals surface area contributed by atoms with Gasteiger partial charge in [-0.15, -0.1) is 11.3 Å². The molecule has 2 unspecified atom stereocenters. The van der Waals surface area contributed by atoms with Gasteiger partial charge in [-0.25, -0.2) is 4.79 Å². The van der Waals surface area contributed by atoms with E-state index in [0.717, 1.165) is 29.7 Å². The number of hydrogen-bond acceptors (Lipinski definition) is 8. The number of rotatable bonds is 6. The summed E-state index contributed by atoms with van der Waals surface area (Å²) in [5.41, 5.74) is 2.04. The van der Waals surface area contributed by atoms with E-state index in [0.29, 0.717) is 22.1 Å². The normalized spacial score (nSPS) is 20.5. The van der Waals surface area contributed by atoms with Gasteiger partial charge in [0.2, 0.25) is 5.91 Å². The van der Waals surface area contributed by atoms with Crippen molar-refractivity contribution >= 4 is 34.4 Å². The number of anilines is 1. The molecule has 2 aliphatic rings. The third-order valence-electron chi connectivity index (χ3n) is 6.37. The zero-order chi connectivity index (χ0) is 24.5. The number of amides is 1. The number of thiophene rings is 1. The maximum atomic E-state index is 12.9. The van der Waals surface area contributed by atoms with E-state index in [9.17, 15) is 19.7 Å². The van der Waals surface area contributed by atoms with Gasteiger partial charge in [-0.1, -0.05) is 20.8 Å². The molecule has 33 heavy (non-hydrogen) atoms. The quantitative estimate of drug-likeness (QED) is 0.373. The van der Waals surface area contributed by atoms with Crippen molar-refractivity contribution in [2.24, 2.45) is 16.4 Å². The first-order chi connectivity index (χ1) is 15.4. The molecule has 0 bridgehead atoms. The van der Waals surface area contributed by atoms with Gasteiger partial charge in [0.25, 0.3) is 5.70 Å². The SMILES string of the molecule is CCOC(=O)c1c(NC(=O)CN2N=CC(C)=C([N+](=O)[O-])C2C)sc2c1CCC(C(C)(C)C)C2. The summed E-state index contributed by atoms with van der Waals surface area (Å²) in [7, 11) is 0. The number of fused-ring (bicyclic) bond motifs is 1. The molecule has 2 atom stereocenters. The summed E-state index contributed by atoms with van der Waals surface area (Å²) in [5, 5.41) is 20.3. The molecular formula is C23H32N4O5S. The molecule has 1 aliphatic heterocycles. The van der Waals surface area contributed by atoms with E-state index in [1.54, 1.807) is 20.8 Å². The zero-order valence-electron chi connectivity index (χ0n) is 20.1. The lowest BCUT2D eigenvalue weighted by Gasteiger charge is -2.33. The molecule has 3 rings (SSSR count). The van der Waals surface area contributed by atoms with Crippen molar-refractivity contribution < 1.29 is 19.2 Å². The number of nitrogens with zero attached hydrogens (tertiary/aromatic N) is 3. The second-order valence-corrected chi connectivity index (χ2v) is 10.7. The average Bonchev–Trinajstić information content (AvgIpc) is 3.06. The molecule has 2 heterocycles. The van der Waals surface area contributed by atoms with Crippen molar-refractivity contribution in [3.05, 3.63) is 37.4 Å². The van der Waals surface area contributed by atoms with Crippen LogP contribution < -0.4 is 5.32 Å². The fourth-order valence-electron chi connectivity index (χ4n) is 4.42. The van der Waals surface area contributed by atoms with Gasteiger partial charge in [-0.05, 0) is 56.9 Å². The van der Waals surface area contributed by atoms with E-state index in [1.807, 2.05) is 0 Å². The summed E-state index contributed by atoms with van der Waals surface area (Å²) in [5.74, 6) is -0.336. The fourth-order valence-corrected chi connectivity index (χ4v) is 5.75. The maximum absolute atomic E-state index is 12.9. The Balaban J connectivity index is 1.82. The van der Waals surface area contributed by atoms with Crippen LogP contribution in [-0.4, -0.2) is 47.2 Å². The molecule has 180 valence electrons. The number of nitro groups is 1. The van der Waals surface area contributed by atoms with Gasteiger partial charge in [0, 0.05) is 10.5 Å². The lowest BCUT2D eigenvalue weighted by atomic mass is 9.72. The van der Waals surface area contributed by atoms with Crippen LogP contribution in [0, 0.1) is 21.4 Å². The van der Waals surface area contributed by atoms with Gasteiger partial charge in [0.15, 0.2) is 0 Å². The van der Waals surface area contributed by atoms with Gasteiger partial charge >= 0.3 is 5.97 Å². The number of nitrogens with one attached hydrogen (secondary N) is 1. The second kappa shape index (κ2) is 9.62. The second-order valence-electron chi connectivity index (χ2n) is 9.63. The summed E-state index contributed by atoms with van der Waals surface area (Å²) >= 11 is 1.43. The Bertz CT molecular complexity index is 1020. The van der Waals surface area contributed by atoms with E-state index in [4.69, 9.17) is 4.74 Å². The molecule has 9 nitrogen and oxygen atoms in total. The zero-order valence-corrected chi connectivity index (χ0v) is 20.9. The third-order valence-corrected chi connectivity index (χ3v) is 7.54. The third kappa shape index (κ3) is 5.26. The molecule has 0 radical (unpaired) electrons. The van der Waals surface area contributed by atoms with Crippen molar-refractivity contribution in [1.82, 2.24) is 5.01 Å². The van der Waals surface area contributed by atoms with E-state index in [2.05, 4.69) is 31.2 Å². The van der Waals surface area contributed by atoms with E-state index >= 15 is 0 Å². The lowest BCUT2D eigenvalue weighted by molar-refractivity contribution is -0.433. The molecule has 1 amide bonds. The van der Waals surface area contributed by atoms with Crippen molar-refractivity contribution in [2.75, 3.05) is 18.5 Å². The Hall–Kier alpha value is -2.75. The molecule has 0 spiro atoms. The van der Waals surface area contributed by atoms with Crippen LogP contribution in [0.2, 0.25) is 0 Å². The number of hydrazone groups is 1. The summed E-state index contributed by atoms with van der Waals surface area (Å²) in [6.07, 6.45) is 3.99. The molecule has 1 aliphatic carbocycles. The highest BCUT2D eigenvalue weighted by Crippen LogP contribution is 2.44. The number of esters is 1. The highest BCUT2D eigenvalue weighted by atomic mass is 32.1. The summed E-state index contributed by atoms with van der Waals surface area (Å²) < 4.78 is 5.29. The molecule has 1 aromatic rings. The Morgan fingerprint density at radius 1 is 1.39 bits per heavy atom. The number of carbonyl (C=O) groups is 2. The van der Waals surface area contributed by atoms with Crippen LogP contribution in [0.25, 0.3) is 0 Å². The minimum atomic E-state index is -0.649. The van der Waals surface area contributed by atoms with E-state index in [-0.39, 0.29) is 24.3 Å². The minimum Gasteiger partial charge on any atom is -0.462 e. The number of hydrogen-bond donors (Lipinski definition) is 1. The fraction of sp³-hybridized carbons (Fsp3) is 0.609. The minimum absolute atomic E-state index is 0.0184. The highest BCUT2D eigenvalue weighted by molar-refractivity contribution is 7.17. The van der Waals surface area contributed by atoms with Crippen molar-refractivity contribution in [3.63, 3.8) is 0 Å². The highest BCUT2D eigenvalue weighted by Gasteiger charge is 2.35. The van der Waals surface area contributed by atoms with Gasteiger partial charge in [0.1, 0.15) is 17.6 Å². The van der Waals surface area contributed by atoms with Crippen LogP contribution in [0.3, 0.4) is 0 Å². The van der Waals surface area contributed by atoms with Crippen LogP contribution in [0.15, 0.2) is 16.4 Å². The first-order valence-corrected chi connectivity index (χ1v) is 12.0. The van der Waals surface area contributed by atoms with Crippen molar-refractivity contribution in [2.45, 2.75) is 66.8 Å².